The maximum atomic E-state index is 14.0. The quantitative estimate of drug-likeness (QED) is 0.337. The number of aromatic hydroxyl groups is 1. The SMILES string of the molecule is CCCCC(C)(Pc1ccc(F)cc1/C=N/C)c1cc(C(C)(C)C)cc(C(C)(C)C)c1O. The number of rotatable bonds is 7. The number of phenolic OH excluding ortho intramolecular Hbond substituents is 1. The first-order chi connectivity index (χ1) is 14.7. The van der Waals surface area contributed by atoms with Gasteiger partial charge in [-0.05, 0) is 45.8 Å². The van der Waals surface area contributed by atoms with Crippen molar-refractivity contribution in [3.63, 3.8) is 0 Å². The third kappa shape index (κ3) is 6.19. The summed E-state index contributed by atoms with van der Waals surface area (Å²) in [5.41, 5.74) is 3.83. The van der Waals surface area contributed by atoms with E-state index in [1.54, 1.807) is 19.3 Å². The molecule has 2 unspecified atom stereocenters. The Balaban J connectivity index is 2.77. The standard InChI is InChI=1S/C28H41FNOP/c1-10-11-14-28(8,32-24-13-12-21(29)15-19(24)18-30-9)23-17-20(26(2,3)4)16-22(25(23)31)27(5,6)7/h12-13,15-18,31-32H,10-11,14H2,1-9H3/b30-18+. The van der Waals surface area contributed by atoms with Crippen molar-refractivity contribution >= 4 is 20.1 Å². The molecule has 0 aliphatic rings. The molecule has 0 aromatic heterocycles. The van der Waals surface area contributed by atoms with Crippen molar-refractivity contribution in [2.45, 2.75) is 90.6 Å². The van der Waals surface area contributed by atoms with Gasteiger partial charge in [0.15, 0.2) is 0 Å². The lowest BCUT2D eigenvalue weighted by atomic mass is 9.77. The number of hydrogen-bond acceptors (Lipinski definition) is 2. The van der Waals surface area contributed by atoms with Gasteiger partial charge in [-0.15, -0.1) is 0 Å². The Morgan fingerprint density at radius 1 is 0.969 bits per heavy atom. The molecule has 0 amide bonds. The summed E-state index contributed by atoms with van der Waals surface area (Å²) >= 11 is 0. The fourth-order valence-corrected chi connectivity index (χ4v) is 5.71. The van der Waals surface area contributed by atoms with Crippen molar-refractivity contribution in [1.29, 1.82) is 0 Å². The summed E-state index contributed by atoms with van der Waals surface area (Å²) in [7, 11) is 2.09. The van der Waals surface area contributed by atoms with Gasteiger partial charge in [-0.1, -0.05) is 95.0 Å². The molecular formula is C28H41FNOP. The molecule has 2 atom stereocenters. The van der Waals surface area contributed by atoms with Crippen LogP contribution in [0.2, 0.25) is 0 Å². The van der Waals surface area contributed by atoms with Crippen LogP contribution in [0.25, 0.3) is 0 Å². The molecule has 0 heterocycles. The van der Waals surface area contributed by atoms with E-state index in [4.69, 9.17) is 0 Å². The van der Waals surface area contributed by atoms with E-state index < -0.39 is 0 Å². The molecule has 32 heavy (non-hydrogen) atoms. The number of hydrogen-bond donors (Lipinski definition) is 1. The number of nitrogens with zero attached hydrogens (tertiary/aromatic N) is 1. The van der Waals surface area contributed by atoms with Crippen LogP contribution in [0, 0.1) is 5.82 Å². The van der Waals surface area contributed by atoms with E-state index in [0.717, 1.165) is 41.3 Å². The lowest BCUT2D eigenvalue weighted by Gasteiger charge is -2.36. The molecule has 0 fully saturated rings. The summed E-state index contributed by atoms with van der Waals surface area (Å²) in [5.74, 6) is 0.153. The lowest BCUT2D eigenvalue weighted by Crippen LogP contribution is -2.25. The van der Waals surface area contributed by atoms with Crippen molar-refractivity contribution in [2.75, 3.05) is 7.05 Å². The van der Waals surface area contributed by atoms with Crippen LogP contribution in [0.1, 0.15) is 96.9 Å². The van der Waals surface area contributed by atoms with Gasteiger partial charge >= 0.3 is 0 Å². The fourth-order valence-electron chi connectivity index (χ4n) is 4.05. The van der Waals surface area contributed by atoms with Gasteiger partial charge in [0.2, 0.25) is 0 Å². The van der Waals surface area contributed by atoms with E-state index >= 15 is 0 Å². The molecule has 1 N–H and O–H groups in total. The minimum Gasteiger partial charge on any atom is -0.507 e. The molecule has 2 aromatic rings. The van der Waals surface area contributed by atoms with Crippen LogP contribution in [0.4, 0.5) is 4.39 Å². The topological polar surface area (TPSA) is 32.6 Å². The van der Waals surface area contributed by atoms with E-state index in [9.17, 15) is 9.50 Å². The molecule has 0 aliphatic carbocycles. The highest BCUT2D eigenvalue weighted by atomic mass is 31.1. The Labute approximate surface area is 196 Å². The summed E-state index contributed by atoms with van der Waals surface area (Å²) in [6.07, 6.45) is 4.83. The van der Waals surface area contributed by atoms with E-state index in [1.807, 2.05) is 6.07 Å². The van der Waals surface area contributed by atoms with Gasteiger partial charge in [0.25, 0.3) is 0 Å². The highest BCUT2D eigenvalue weighted by Gasteiger charge is 2.34. The number of benzene rings is 2. The van der Waals surface area contributed by atoms with E-state index in [2.05, 4.69) is 72.5 Å². The molecule has 0 aliphatic heterocycles. The predicted octanol–water partition coefficient (Wildman–Crippen LogP) is 7.58. The van der Waals surface area contributed by atoms with Crippen LogP contribution in [-0.4, -0.2) is 18.4 Å². The second-order valence-corrected chi connectivity index (χ2v) is 13.0. The largest absolute Gasteiger partial charge is 0.507 e. The van der Waals surface area contributed by atoms with Crippen LogP contribution in [0.5, 0.6) is 5.75 Å². The molecule has 0 spiro atoms. The molecule has 0 bridgehead atoms. The zero-order valence-electron chi connectivity index (χ0n) is 21.4. The van der Waals surface area contributed by atoms with Crippen molar-refractivity contribution in [3.8, 4) is 5.75 Å². The second-order valence-electron chi connectivity index (χ2n) is 11.1. The maximum absolute atomic E-state index is 14.0. The van der Waals surface area contributed by atoms with Gasteiger partial charge in [0, 0.05) is 29.5 Å². The van der Waals surface area contributed by atoms with Crippen molar-refractivity contribution in [3.05, 3.63) is 58.4 Å². The first-order valence-corrected chi connectivity index (χ1v) is 12.6. The Hall–Kier alpha value is -1.73. The van der Waals surface area contributed by atoms with E-state index in [-0.39, 0.29) is 21.8 Å². The van der Waals surface area contributed by atoms with Crippen LogP contribution in [0.15, 0.2) is 35.3 Å². The second kappa shape index (κ2) is 10.0. The van der Waals surface area contributed by atoms with Gasteiger partial charge in [0.05, 0.1) is 0 Å². The molecule has 2 rings (SSSR count). The third-order valence-corrected chi connectivity index (χ3v) is 7.90. The number of aliphatic imine (C=N–C) groups is 1. The van der Waals surface area contributed by atoms with E-state index in [0.29, 0.717) is 14.3 Å². The van der Waals surface area contributed by atoms with Gasteiger partial charge in [-0.2, -0.15) is 0 Å². The van der Waals surface area contributed by atoms with E-state index in [1.165, 1.54) is 11.6 Å². The Kier molecular flexibility index (Phi) is 8.32. The Morgan fingerprint density at radius 2 is 1.59 bits per heavy atom. The molecule has 0 saturated carbocycles. The summed E-state index contributed by atoms with van der Waals surface area (Å²) in [5, 5.41) is 12.4. The molecule has 0 saturated heterocycles. The highest BCUT2D eigenvalue weighted by Crippen LogP contribution is 2.51. The van der Waals surface area contributed by atoms with Crippen molar-refractivity contribution in [1.82, 2.24) is 0 Å². The first kappa shape index (κ1) is 26.5. The van der Waals surface area contributed by atoms with Gasteiger partial charge in [-0.3, -0.25) is 4.99 Å². The monoisotopic (exact) mass is 457 g/mol. The van der Waals surface area contributed by atoms with Crippen LogP contribution < -0.4 is 5.30 Å². The number of unbranched alkanes of at least 4 members (excludes halogenated alkanes) is 1. The summed E-state index contributed by atoms with van der Waals surface area (Å²) in [6.45, 7) is 17.6. The van der Waals surface area contributed by atoms with Crippen LogP contribution >= 0.6 is 8.58 Å². The maximum Gasteiger partial charge on any atom is 0.123 e. The molecule has 0 radical (unpaired) electrons. The zero-order valence-corrected chi connectivity index (χ0v) is 22.4. The zero-order chi connectivity index (χ0) is 24.3. The molecule has 4 heteroatoms. The molecule has 2 aromatic carbocycles. The van der Waals surface area contributed by atoms with Gasteiger partial charge < -0.3 is 5.11 Å². The smallest absolute Gasteiger partial charge is 0.123 e. The minimum absolute atomic E-state index is 0.0346. The molecule has 2 nitrogen and oxygen atoms in total. The molecule has 176 valence electrons. The van der Waals surface area contributed by atoms with Crippen molar-refractivity contribution < 1.29 is 9.50 Å². The van der Waals surface area contributed by atoms with Gasteiger partial charge in [0.1, 0.15) is 11.6 Å². The third-order valence-electron chi connectivity index (χ3n) is 6.10. The molecular weight excluding hydrogens is 416 g/mol. The van der Waals surface area contributed by atoms with Crippen LogP contribution in [-0.2, 0) is 16.0 Å². The number of halogens is 1. The summed E-state index contributed by atoms with van der Waals surface area (Å²) < 4.78 is 14.0. The lowest BCUT2D eigenvalue weighted by molar-refractivity contribution is 0.425. The summed E-state index contributed by atoms with van der Waals surface area (Å²) in [4.78, 5) is 4.15. The Morgan fingerprint density at radius 3 is 2.12 bits per heavy atom. The van der Waals surface area contributed by atoms with Gasteiger partial charge in [-0.25, -0.2) is 4.39 Å². The average Bonchev–Trinajstić information content (AvgIpc) is 2.67. The highest BCUT2D eigenvalue weighted by molar-refractivity contribution is 7.48. The summed E-state index contributed by atoms with van der Waals surface area (Å²) in [6, 6.07) is 9.35. The van der Waals surface area contributed by atoms with Crippen LogP contribution in [0.3, 0.4) is 0 Å². The number of phenols is 1. The normalized spacial score (nSPS) is 15.1. The van der Waals surface area contributed by atoms with Crippen molar-refractivity contribution in [2.24, 2.45) is 4.99 Å². The fraction of sp³-hybridized carbons (Fsp3) is 0.536. The first-order valence-electron chi connectivity index (χ1n) is 11.6. The Bertz CT molecular complexity index is 969. The predicted molar refractivity (Wildman–Crippen MR) is 140 cm³/mol. The minimum atomic E-state index is -0.268. The average molecular weight is 458 g/mol.